The number of likely N-dealkylation sites (tertiary alicyclic amines) is 1. The third-order valence-electron chi connectivity index (χ3n) is 5.64. The summed E-state index contributed by atoms with van der Waals surface area (Å²) >= 11 is 1.70. The van der Waals surface area contributed by atoms with Gasteiger partial charge in [0.25, 0.3) is 5.78 Å². The minimum absolute atomic E-state index is 0.165. The Bertz CT molecular complexity index is 1060. The number of benzene rings is 2. The molecular formula is C21H19FN3O2S+. The SMILES string of the molecule is O=C1C(=O)N(C[NH+]2CCCC[C@@H]2c2nc3ccccc3s2)c2ccc(F)cc21. The van der Waals surface area contributed by atoms with Gasteiger partial charge in [-0.15, -0.1) is 11.3 Å². The molecule has 1 amide bonds. The number of carbonyl (C=O) groups excluding carboxylic acids is 2. The maximum absolute atomic E-state index is 13.5. The van der Waals surface area contributed by atoms with E-state index < -0.39 is 17.5 Å². The van der Waals surface area contributed by atoms with E-state index in [0.29, 0.717) is 12.4 Å². The van der Waals surface area contributed by atoms with Crippen LogP contribution in [0.3, 0.4) is 0 Å². The number of quaternary nitrogens is 1. The zero-order valence-corrected chi connectivity index (χ0v) is 16.0. The van der Waals surface area contributed by atoms with Gasteiger partial charge in [-0.25, -0.2) is 9.37 Å². The monoisotopic (exact) mass is 396 g/mol. The fraction of sp³-hybridized carbons (Fsp3) is 0.286. The van der Waals surface area contributed by atoms with Crippen molar-refractivity contribution in [3.8, 4) is 0 Å². The summed E-state index contributed by atoms with van der Waals surface area (Å²) in [6.45, 7) is 1.30. The second-order valence-corrected chi connectivity index (χ2v) is 8.42. The van der Waals surface area contributed by atoms with Crippen molar-refractivity contribution in [1.29, 1.82) is 0 Å². The van der Waals surface area contributed by atoms with Crippen LogP contribution in [0.15, 0.2) is 42.5 Å². The number of nitrogens with one attached hydrogen (secondary N) is 1. The number of amides is 1. The molecule has 2 aromatic carbocycles. The zero-order chi connectivity index (χ0) is 19.3. The summed E-state index contributed by atoms with van der Waals surface area (Å²) in [5.74, 6) is -1.69. The molecule has 1 fully saturated rings. The highest BCUT2D eigenvalue weighted by atomic mass is 32.1. The summed E-state index contributed by atoms with van der Waals surface area (Å²) in [6, 6.07) is 12.3. The van der Waals surface area contributed by atoms with Crippen LogP contribution in [0.2, 0.25) is 0 Å². The lowest BCUT2D eigenvalue weighted by Gasteiger charge is -2.33. The van der Waals surface area contributed by atoms with Gasteiger partial charge in [-0.2, -0.15) is 0 Å². The van der Waals surface area contributed by atoms with E-state index in [4.69, 9.17) is 4.98 Å². The van der Waals surface area contributed by atoms with Crippen molar-refractivity contribution in [2.24, 2.45) is 0 Å². The van der Waals surface area contributed by atoms with Crippen LogP contribution in [-0.4, -0.2) is 29.9 Å². The van der Waals surface area contributed by atoms with Crippen LogP contribution in [0.1, 0.15) is 40.7 Å². The molecule has 7 heteroatoms. The van der Waals surface area contributed by atoms with Crippen LogP contribution in [-0.2, 0) is 4.79 Å². The van der Waals surface area contributed by atoms with Crippen molar-refractivity contribution in [3.63, 3.8) is 0 Å². The summed E-state index contributed by atoms with van der Waals surface area (Å²) in [5.41, 5.74) is 1.68. The van der Waals surface area contributed by atoms with Gasteiger partial charge in [0.2, 0.25) is 0 Å². The van der Waals surface area contributed by atoms with Crippen LogP contribution in [0.5, 0.6) is 0 Å². The molecule has 0 aliphatic carbocycles. The average molecular weight is 396 g/mol. The number of thiazole rings is 1. The largest absolute Gasteiger partial charge is 0.309 e. The van der Waals surface area contributed by atoms with Crippen molar-refractivity contribution in [2.75, 3.05) is 18.1 Å². The number of rotatable bonds is 3. The number of hydrogen-bond donors (Lipinski definition) is 1. The minimum atomic E-state index is -0.623. The quantitative estimate of drug-likeness (QED) is 0.693. The first kappa shape index (κ1) is 17.5. The first-order valence-electron chi connectivity index (χ1n) is 9.47. The Morgan fingerprint density at radius 1 is 1.18 bits per heavy atom. The number of anilines is 1. The summed E-state index contributed by atoms with van der Waals surface area (Å²) in [7, 11) is 0. The molecule has 1 unspecified atom stereocenters. The van der Waals surface area contributed by atoms with Crippen LogP contribution < -0.4 is 9.80 Å². The molecule has 1 aromatic heterocycles. The fourth-order valence-corrected chi connectivity index (χ4v) is 5.40. The van der Waals surface area contributed by atoms with Crippen LogP contribution in [0, 0.1) is 5.82 Å². The number of para-hydroxylation sites is 1. The Labute approximate surface area is 165 Å². The number of fused-ring (bicyclic) bond motifs is 2. The topological polar surface area (TPSA) is 54.7 Å². The highest BCUT2D eigenvalue weighted by Gasteiger charge is 2.40. The highest BCUT2D eigenvalue weighted by molar-refractivity contribution is 7.18. The van der Waals surface area contributed by atoms with Gasteiger partial charge in [0.1, 0.15) is 11.9 Å². The minimum Gasteiger partial charge on any atom is -0.309 e. The van der Waals surface area contributed by atoms with Gasteiger partial charge < -0.3 is 4.90 Å². The Balaban J connectivity index is 1.46. The summed E-state index contributed by atoms with van der Waals surface area (Å²) in [4.78, 5) is 32.4. The molecule has 1 saturated heterocycles. The smallest absolute Gasteiger partial charge is 0.303 e. The third-order valence-corrected chi connectivity index (χ3v) is 6.79. The number of nitrogens with zero attached hydrogens (tertiary/aromatic N) is 2. The van der Waals surface area contributed by atoms with Crippen molar-refractivity contribution in [3.05, 3.63) is 58.9 Å². The number of carbonyl (C=O) groups is 2. The Morgan fingerprint density at radius 2 is 2.04 bits per heavy atom. The predicted molar refractivity (Wildman–Crippen MR) is 105 cm³/mol. The fourth-order valence-electron chi connectivity index (χ4n) is 4.24. The lowest BCUT2D eigenvalue weighted by atomic mass is 10.0. The van der Waals surface area contributed by atoms with E-state index in [-0.39, 0.29) is 11.6 Å². The van der Waals surface area contributed by atoms with Crippen molar-refractivity contribution in [1.82, 2.24) is 4.98 Å². The number of halogens is 1. The Kier molecular flexibility index (Phi) is 4.21. The van der Waals surface area contributed by atoms with E-state index in [1.807, 2.05) is 18.2 Å². The number of Topliss-reactive ketones (excluding diaryl/α,β-unsaturated/α-hetero) is 1. The van der Waals surface area contributed by atoms with E-state index in [9.17, 15) is 14.0 Å². The molecule has 3 heterocycles. The first-order valence-corrected chi connectivity index (χ1v) is 10.3. The van der Waals surface area contributed by atoms with Gasteiger partial charge in [0.05, 0.1) is 28.0 Å². The van der Waals surface area contributed by atoms with E-state index in [2.05, 4.69) is 6.07 Å². The molecule has 0 saturated carbocycles. The number of hydrogen-bond acceptors (Lipinski definition) is 4. The maximum Gasteiger partial charge on any atom is 0.303 e. The van der Waals surface area contributed by atoms with Crippen molar-refractivity contribution < 1.29 is 18.9 Å². The Morgan fingerprint density at radius 3 is 2.89 bits per heavy atom. The lowest BCUT2D eigenvalue weighted by Crippen LogP contribution is -3.14. The van der Waals surface area contributed by atoms with Gasteiger partial charge in [-0.3, -0.25) is 14.5 Å². The highest BCUT2D eigenvalue weighted by Crippen LogP contribution is 2.31. The second kappa shape index (κ2) is 6.76. The molecule has 28 heavy (non-hydrogen) atoms. The van der Waals surface area contributed by atoms with Gasteiger partial charge in [0, 0.05) is 6.42 Å². The molecule has 0 radical (unpaired) electrons. The summed E-state index contributed by atoms with van der Waals surface area (Å²) in [5, 5.41) is 1.08. The lowest BCUT2D eigenvalue weighted by molar-refractivity contribution is -0.935. The van der Waals surface area contributed by atoms with E-state index in [1.54, 1.807) is 11.3 Å². The predicted octanol–water partition coefficient (Wildman–Crippen LogP) is 2.73. The van der Waals surface area contributed by atoms with E-state index >= 15 is 0 Å². The normalized spacial score (nSPS) is 22.1. The summed E-state index contributed by atoms with van der Waals surface area (Å²) < 4.78 is 14.7. The molecule has 5 rings (SSSR count). The second-order valence-electron chi connectivity index (χ2n) is 7.36. The first-order chi connectivity index (χ1) is 13.6. The summed E-state index contributed by atoms with van der Waals surface area (Å²) in [6.07, 6.45) is 3.20. The third kappa shape index (κ3) is 2.82. The average Bonchev–Trinajstić information content (AvgIpc) is 3.24. The molecule has 142 valence electrons. The zero-order valence-electron chi connectivity index (χ0n) is 15.2. The molecule has 2 aliphatic rings. The molecule has 3 aromatic rings. The van der Waals surface area contributed by atoms with Crippen LogP contribution in [0.4, 0.5) is 10.1 Å². The molecule has 2 atom stereocenters. The van der Waals surface area contributed by atoms with Gasteiger partial charge in [0.15, 0.2) is 11.7 Å². The maximum atomic E-state index is 13.5. The van der Waals surface area contributed by atoms with Crippen molar-refractivity contribution in [2.45, 2.75) is 25.3 Å². The molecule has 2 aliphatic heterocycles. The molecule has 0 spiro atoms. The van der Waals surface area contributed by atoms with Crippen LogP contribution >= 0.6 is 11.3 Å². The van der Waals surface area contributed by atoms with Crippen LogP contribution in [0.25, 0.3) is 10.2 Å². The molecular weight excluding hydrogens is 377 g/mol. The number of aromatic nitrogens is 1. The number of ketones is 1. The standard InChI is InChI=1S/C21H18FN3O2S/c22-13-8-9-16-14(11-13)19(26)21(27)25(16)12-24-10-4-3-6-17(24)20-23-15-5-1-2-7-18(15)28-20/h1-2,5,7-9,11,17H,3-4,6,10,12H2/p+1/t17-/m1/s1. The molecule has 1 N–H and O–H groups in total. The van der Waals surface area contributed by atoms with Gasteiger partial charge >= 0.3 is 5.91 Å². The van der Waals surface area contributed by atoms with Gasteiger partial charge in [-0.1, -0.05) is 12.1 Å². The van der Waals surface area contributed by atoms with E-state index in [0.717, 1.165) is 47.1 Å². The molecule has 0 bridgehead atoms. The van der Waals surface area contributed by atoms with Gasteiger partial charge in [-0.05, 0) is 43.2 Å². The van der Waals surface area contributed by atoms with Crippen molar-refractivity contribution >= 4 is 38.9 Å². The Hall–Kier alpha value is -2.64. The number of piperidine rings is 1. The molecule has 5 nitrogen and oxygen atoms in total. The van der Waals surface area contributed by atoms with E-state index in [1.165, 1.54) is 21.9 Å².